The molecule has 4 aromatic carbocycles. The summed E-state index contributed by atoms with van der Waals surface area (Å²) in [6.07, 6.45) is 3.58. The fourth-order valence-corrected chi connectivity index (χ4v) is 5.00. The van der Waals surface area contributed by atoms with Crippen LogP contribution in [0.25, 0.3) is 22.2 Å². The Balaban J connectivity index is 1.53. The SMILES string of the molecule is C=CC1CN(Cc2ccccc2)C(=O)c2cnc(-c3cccc4ccccc34)nc2N1c1ccccc1. The molecule has 0 bridgehead atoms. The van der Waals surface area contributed by atoms with Gasteiger partial charge in [-0.1, -0.05) is 97.1 Å². The Labute approximate surface area is 216 Å². The fraction of sp³-hybridized carbons (Fsp3) is 0.0938. The van der Waals surface area contributed by atoms with Crippen molar-refractivity contribution >= 4 is 28.2 Å². The van der Waals surface area contributed by atoms with Crippen LogP contribution in [0, 0.1) is 0 Å². The highest BCUT2D eigenvalue weighted by Gasteiger charge is 2.34. The quantitative estimate of drug-likeness (QED) is 0.263. The van der Waals surface area contributed by atoms with Crippen molar-refractivity contribution in [3.8, 4) is 11.4 Å². The van der Waals surface area contributed by atoms with Crippen molar-refractivity contribution in [2.45, 2.75) is 12.6 Å². The van der Waals surface area contributed by atoms with E-state index in [1.165, 1.54) is 0 Å². The topological polar surface area (TPSA) is 49.3 Å². The first-order valence-corrected chi connectivity index (χ1v) is 12.4. The van der Waals surface area contributed by atoms with E-state index in [0.29, 0.717) is 30.3 Å². The summed E-state index contributed by atoms with van der Waals surface area (Å²) in [5.41, 5.74) is 3.43. The summed E-state index contributed by atoms with van der Waals surface area (Å²) in [6, 6.07) is 34.3. The second-order valence-electron chi connectivity index (χ2n) is 9.14. The number of fused-ring (bicyclic) bond motifs is 2. The van der Waals surface area contributed by atoms with Crippen molar-refractivity contribution in [3.63, 3.8) is 0 Å². The number of hydrogen-bond acceptors (Lipinski definition) is 4. The Bertz CT molecular complexity index is 1580. The lowest BCUT2D eigenvalue weighted by Crippen LogP contribution is -2.39. The minimum absolute atomic E-state index is 0.0893. The molecule has 5 aromatic rings. The van der Waals surface area contributed by atoms with Crippen LogP contribution < -0.4 is 4.90 Å². The normalized spacial score (nSPS) is 15.4. The van der Waals surface area contributed by atoms with Crippen LogP contribution in [0.2, 0.25) is 0 Å². The molecule has 1 amide bonds. The predicted molar refractivity (Wildman–Crippen MR) is 149 cm³/mol. The Morgan fingerprint density at radius 2 is 1.54 bits per heavy atom. The van der Waals surface area contributed by atoms with Gasteiger partial charge in [0.2, 0.25) is 0 Å². The molecule has 0 N–H and O–H groups in total. The first kappa shape index (κ1) is 22.7. The van der Waals surface area contributed by atoms with Crippen LogP contribution >= 0.6 is 0 Å². The molecule has 5 nitrogen and oxygen atoms in total. The number of benzene rings is 4. The van der Waals surface area contributed by atoms with E-state index < -0.39 is 0 Å². The van der Waals surface area contributed by atoms with Gasteiger partial charge < -0.3 is 9.80 Å². The highest BCUT2D eigenvalue weighted by molar-refractivity contribution is 6.01. The second kappa shape index (κ2) is 9.70. The Morgan fingerprint density at radius 3 is 2.32 bits per heavy atom. The number of amides is 1. The summed E-state index contributed by atoms with van der Waals surface area (Å²) in [6.45, 7) is 5.12. The lowest BCUT2D eigenvalue weighted by Gasteiger charge is -2.31. The molecule has 1 aliphatic rings. The first-order chi connectivity index (χ1) is 18.2. The minimum atomic E-state index is -0.174. The third-order valence-electron chi connectivity index (χ3n) is 6.81. The van der Waals surface area contributed by atoms with Crippen LogP contribution in [-0.4, -0.2) is 33.4 Å². The van der Waals surface area contributed by atoms with Gasteiger partial charge in [-0.05, 0) is 28.5 Å². The smallest absolute Gasteiger partial charge is 0.259 e. The molecule has 5 heteroatoms. The molecule has 0 aliphatic carbocycles. The van der Waals surface area contributed by atoms with Crippen LogP contribution in [-0.2, 0) is 6.54 Å². The van der Waals surface area contributed by atoms with E-state index in [4.69, 9.17) is 9.97 Å². The van der Waals surface area contributed by atoms with Crippen molar-refractivity contribution in [2.75, 3.05) is 11.4 Å². The van der Waals surface area contributed by atoms with Crippen molar-refractivity contribution in [1.29, 1.82) is 0 Å². The van der Waals surface area contributed by atoms with Gasteiger partial charge in [0.1, 0.15) is 5.56 Å². The van der Waals surface area contributed by atoms with Gasteiger partial charge in [0.15, 0.2) is 11.6 Å². The number of anilines is 2. The van der Waals surface area contributed by atoms with Gasteiger partial charge in [-0.25, -0.2) is 9.97 Å². The summed E-state index contributed by atoms with van der Waals surface area (Å²) in [5.74, 6) is 1.09. The zero-order chi connectivity index (χ0) is 25.2. The van der Waals surface area contributed by atoms with Gasteiger partial charge in [-0.2, -0.15) is 0 Å². The Hall–Kier alpha value is -4.77. The maximum atomic E-state index is 13.9. The lowest BCUT2D eigenvalue weighted by molar-refractivity contribution is 0.0747. The highest BCUT2D eigenvalue weighted by atomic mass is 16.2. The van der Waals surface area contributed by atoms with Crippen molar-refractivity contribution in [1.82, 2.24) is 14.9 Å². The molecule has 1 aliphatic heterocycles. The fourth-order valence-electron chi connectivity index (χ4n) is 5.00. The van der Waals surface area contributed by atoms with Gasteiger partial charge >= 0.3 is 0 Å². The molecule has 6 rings (SSSR count). The average molecular weight is 483 g/mol. The number of hydrogen-bond donors (Lipinski definition) is 0. The monoisotopic (exact) mass is 482 g/mol. The maximum Gasteiger partial charge on any atom is 0.259 e. The highest BCUT2D eigenvalue weighted by Crippen LogP contribution is 2.36. The van der Waals surface area contributed by atoms with E-state index in [2.05, 4.69) is 29.7 Å². The van der Waals surface area contributed by atoms with Crippen LogP contribution in [0.3, 0.4) is 0 Å². The van der Waals surface area contributed by atoms with E-state index in [-0.39, 0.29) is 11.9 Å². The molecule has 0 saturated heterocycles. The van der Waals surface area contributed by atoms with E-state index in [9.17, 15) is 4.79 Å². The number of aromatic nitrogens is 2. The van der Waals surface area contributed by atoms with Gasteiger partial charge in [-0.15, -0.1) is 6.58 Å². The largest absolute Gasteiger partial charge is 0.332 e. The molecule has 0 spiro atoms. The number of para-hydroxylation sites is 1. The van der Waals surface area contributed by atoms with Crippen LogP contribution in [0.15, 0.2) is 122 Å². The Morgan fingerprint density at radius 1 is 0.838 bits per heavy atom. The summed E-state index contributed by atoms with van der Waals surface area (Å²) in [5, 5.41) is 2.19. The minimum Gasteiger partial charge on any atom is -0.332 e. The first-order valence-electron chi connectivity index (χ1n) is 12.4. The Kier molecular flexibility index (Phi) is 5.95. The molecule has 0 radical (unpaired) electrons. The third kappa shape index (κ3) is 4.25. The molecular formula is C32H26N4O. The van der Waals surface area contributed by atoms with Crippen LogP contribution in [0.5, 0.6) is 0 Å². The molecule has 1 aromatic heterocycles. The predicted octanol–water partition coefficient (Wildman–Crippen LogP) is 6.65. The van der Waals surface area contributed by atoms with E-state index in [1.807, 2.05) is 95.9 Å². The number of carbonyl (C=O) groups excluding carboxylic acids is 1. The molecule has 37 heavy (non-hydrogen) atoms. The molecule has 2 heterocycles. The average Bonchev–Trinajstić information content (AvgIpc) is 3.07. The summed E-state index contributed by atoms with van der Waals surface area (Å²) >= 11 is 0. The zero-order valence-electron chi connectivity index (χ0n) is 20.4. The van der Waals surface area contributed by atoms with Gasteiger partial charge in [0, 0.05) is 30.5 Å². The molecule has 1 atom stereocenters. The van der Waals surface area contributed by atoms with Crippen LogP contribution in [0.1, 0.15) is 15.9 Å². The molecule has 0 saturated carbocycles. The number of carbonyl (C=O) groups is 1. The summed E-state index contributed by atoms with van der Waals surface area (Å²) in [7, 11) is 0. The molecular weight excluding hydrogens is 456 g/mol. The zero-order valence-corrected chi connectivity index (χ0v) is 20.4. The summed E-state index contributed by atoms with van der Waals surface area (Å²) in [4.78, 5) is 27.7. The number of nitrogens with zero attached hydrogens (tertiary/aromatic N) is 4. The van der Waals surface area contributed by atoms with E-state index in [0.717, 1.165) is 27.6 Å². The van der Waals surface area contributed by atoms with Gasteiger partial charge in [-0.3, -0.25) is 4.79 Å². The standard InChI is InChI=1S/C32H26N4O/c1-2-25-22-35(21-23-12-5-3-6-13-23)32(37)29-20-33-30(28-19-11-15-24-14-9-10-18-27(24)28)34-31(29)36(25)26-16-7-4-8-17-26/h2-20,25H,1,21-22H2. The molecule has 0 fully saturated rings. The lowest BCUT2D eigenvalue weighted by atomic mass is 10.0. The van der Waals surface area contributed by atoms with Gasteiger partial charge in [0.05, 0.1) is 6.04 Å². The summed E-state index contributed by atoms with van der Waals surface area (Å²) < 4.78 is 0. The van der Waals surface area contributed by atoms with E-state index in [1.54, 1.807) is 6.20 Å². The molecule has 180 valence electrons. The third-order valence-corrected chi connectivity index (χ3v) is 6.81. The maximum absolute atomic E-state index is 13.9. The van der Waals surface area contributed by atoms with Crippen molar-refractivity contribution in [3.05, 3.63) is 133 Å². The number of rotatable bonds is 5. The van der Waals surface area contributed by atoms with E-state index >= 15 is 0 Å². The van der Waals surface area contributed by atoms with Crippen LogP contribution in [0.4, 0.5) is 11.5 Å². The second-order valence-corrected chi connectivity index (χ2v) is 9.14. The van der Waals surface area contributed by atoms with Crippen molar-refractivity contribution in [2.24, 2.45) is 0 Å². The van der Waals surface area contributed by atoms with Gasteiger partial charge in [0.25, 0.3) is 5.91 Å². The van der Waals surface area contributed by atoms with Crippen molar-refractivity contribution < 1.29 is 4.79 Å². The molecule has 1 unspecified atom stereocenters.